The first-order valence-corrected chi connectivity index (χ1v) is 9.32. The number of hydrogen-bond donors (Lipinski definition) is 0. The molecule has 0 N–H and O–H groups in total. The molecule has 0 heterocycles. The maximum absolute atomic E-state index is 12.4. The SMILES string of the molecule is COC(=O)CC(OC(=O)/C=C/c1ccc(N(C)C)cc1)c1ccc(OC)c(OC)c1. The normalized spacial score (nSPS) is 11.6. The van der Waals surface area contributed by atoms with Crippen LogP contribution in [0.25, 0.3) is 6.08 Å². The lowest BCUT2D eigenvalue weighted by atomic mass is 10.1. The van der Waals surface area contributed by atoms with Crippen molar-refractivity contribution in [1.29, 1.82) is 0 Å². The zero-order valence-corrected chi connectivity index (χ0v) is 17.9. The first-order chi connectivity index (χ1) is 14.4. The monoisotopic (exact) mass is 413 g/mol. The van der Waals surface area contributed by atoms with Gasteiger partial charge in [-0.3, -0.25) is 4.79 Å². The number of anilines is 1. The molecule has 1 atom stereocenters. The standard InChI is InChI=1S/C23H27NO6/c1-24(2)18-10-6-16(7-11-18)8-13-22(25)30-20(15-23(26)29-5)17-9-12-19(27-3)21(14-17)28-4/h6-14,20H,15H2,1-5H3/b13-8+. The number of benzene rings is 2. The fourth-order valence-corrected chi connectivity index (χ4v) is 2.74. The molecule has 7 heteroatoms. The molecule has 0 aliphatic rings. The third-order valence-corrected chi connectivity index (χ3v) is 4.44. The Morgan fingerprint density at radius 3 is 2.20 bits per heavy atom. The summed E-state index contributed by atoms with van der Waals surface area (Å²) in [5, 5.41) is 0. The van der Waals surface area contributed by atoms with Gasteiger partial charge in [0.15, 0.2) is 11.5 Å². The maximum atomic E-state index is 12.4. The van der Waals surface area contributed by atoms with Crippen molar-refractivity contribution in [1.82, 2.24) is 0 Å². The Hall–Kier alpha value is -3.48. The first-order valence-electron chi connectivity index (χ1n) is 9.32. The summed E-state index contributed by atoms with van der Waals surface area (Å²) in [4.78, 5) is 26.2. The summed E-state index contributed by atoms with van der Waals surface area (Å²) in [7, 11) is 8.23. The second-order valence-corrected chi connectivity index (χ2v) is 6.64. The number of esters is 2. The van der Waals surface area contributed by atoms with Gasteiger partial charge >= 0.3 is 11.9 Å². The molecule has 30 heavy (non-hydrogen) atoms. The number of ether oxygens (including phenoxy) is 4. The molecule has 0 aliphatic carbocycles. The van der Waals surface area contributed by atoms with E-state index < -0.39 is 18.0 Å². The molecule has 2 rings (SSSR count). The third kappa shape index (κ3) is 6.27. The van der Waals surface area contributed by atoms with Gasteiger partial charge in [0, 0.05) is 25.9 Å². The van der Waals surface area contributed by atoms with Crippen LogP contribution in [-0.4, -0.2) is 47.4 Å². The average molecular weight is 413 g/mol. The van der Waals surface area contributed by atoms with Crippen molar-refractivity contribution >= 4 is 23.7 Å². The van der Waals surface area contributed by atoms with Crippen LogP contribution in [0.3, 0.4) is 0 Å². The molecule has 160 valence electrons. The Bertz CT molecular complexity index is 889. The molecule has 0 fully saturated rings. The minimum absolute atomic E-state index is 0.122. The van der Waals surface area contributed by atoms with E-state index in [2.05, 4.69) is 0 Å². The number of rotatable bonds is 9. The molecule has 2 aromatic rings. The van der Waals surface area contributed by atoms with Gasteiger partial charge in [0.05, 0.1) is 27.8 Å². The Kier molecular flexibility index (Phi) is 8.29. The van der Waals surface area contributed by atoms with Gasteiger partial charge in [-0.1, -0.05) is 18.2 Å². The lowest BCUT2D eigenvalue weighted by molar-refractivity contribution is -0.150. The van der Waals surface area contributed by atoms with Crippen molar-refractivity contribution < 1.29 is 28.5 Å². The van der Waals surface area contributed by atoms with Crippen LogP contribution < -0.4 is 14.4 Å². The van der Waals surface area contributed by atoms with E-state index in [1.54, 1.807) is 24.3 Å². The summed E-state index contributed by atoms with van der Waals surface area (Å²) >= 11 is 0. The predicted octanol–water partition coefficient (Wildman–Crippen LogP) is 3.63. The van der Waals surface area contributed by atoms with Gasteiger partial charge < -0.3 is 23.8 Å². The molecular weight excluding hydrogens is 386 g/mol. The van der Waals surface area contributed by atoms with E-state index >= 15 is 0 Å². The van der Waals surface area contributed by atoms with Crippen molar-refractivity contribution in [3.63, 3.8) is 0 Å². The zero-order chi connectivity index (χ0) is 22.1. The van der Waals surface area contributed by atoms with Gasteiger partial charge in [-0.2, -0.15) is 0 Å². The van der Waals surface area contributed by atoms with Crippen molar-refractivity contribution in [3.05, 3.63) is 59.7 Å². The van der Waals surface area contributed by atoms with Gasteiger partial charge in [-0.25, -0.2) is 4.79 Å². The minimum atomic E-state index is -0.828. The number of carbonyl (C=O) groups is 2. The lowest BCUT2D eigenvalue weighted by Crippen LogP contribution is -2.15. The van der Waals surface area contributed by atoms with Gasteiger partial charge in [0.25, 0.3) is 0 Å². The van der Waals surface area contributed by atoms with E-state index in [1.807, 2.05) is 43.3 Å². The average Bonchev–Trinajstić information content (AvgIpc) is 2.76. The Morgan fingerprint density at radius 2 is 1.63 bits per heavy atom. The topological polar surface area (TPSA) is 74.3 Å². The van der Waals surface area contributed by atoms with E-state index in [0.29, 0.717) is 17.1 Å². The number of nitrogens with zero attached hydrogens (tertiary/aromatic N) is 1. The molecule has 0 amide bonds. The van der Waals surface area contributed by atoms with E-state index in [1.165, 1.54) is 27.4 Å². The van der Waals surface area contributed by atoms with Crippen LogP contribution in [0.5, 0.6) is 11.5 Å². The van der Waals surface area contributed by atoms with Crippen LogP contribution in [0, 0.1) is 0 Å². The molecule has 0 aliphatic heterocycles. The fraction of sp³-hybridized carbons (Fsp3) is 0.304. The van der Waals surface area contributed by atoms with E-state index in [0.717, 1.165) is 11.3 Å². The highest BCUT2D eigenvalue weighted by Gasteiger charge is 2.22. The summed E-state index contributed by atoms with van der Waals surface area (Å²) in [5.41, 5.74) is 2.50. The van der Waals surface area contributed by atoms with Crippen LogP contribution in [0.1, 0.15) is 23.7 Å². The van der Waals surface area contributed by atoms with Gasteiger partial charge in [-0.05, 0) is 41.5 Å². The molecule has 2 aromatic carbocycles. The maximum Gasteiger partial charge on any atom is 0.331 e. The van der Waals surface area contributed by atoms with Crippen molar-refractivity contribution in [2.24, 2.45) is 0 Å². The van der Waals surface area contributed by atoms with E-state index in [9.17, 15) is 9.59 Å². The third-order valence-electron chi connectivity index (χ3n) is 4.44. The van der Waals surface area contributed by atoms with E-state index in [-0.39, 0.29) is 6.42 Å². The van der Waals surface area contributed by atoms with Crippen molar-refractivity contribution in [2.75, 3.05) is 40.3 Å². The molecule has 0 bridgehead atoms. The van der Waals surface area contributed by atoms with Gasteiger partial charge in [0.1, 0.15) is 6.10 Å². The van der Waals surface area contributed by atoms with Crippen molar-refractivity contribution in [3.8, 4) is 11.5 Å². The molecule has 7 nitrogen and oxygen atoms in total. The molecule has 1 unspecified atom stereocenters. The highest BCUT2D eigenvalue weighted by atomic mass is 16.6. The zero-order valence-electron chi connectivity index (χ0n) is 17.9. The molecule has 0 saturated carbocycles. The lowest BCUT2D eigenvalue weighted by Gasteiger charge is -2.18. The van der Waals surface area contributed by atoms with E-state index in [4.69, 9.17) is 18.9 Å². The summed E-state index contributed by atoms with van der Waals surface area (Å²) in [6.45, 7) is 0. The van der Waals surface area contributed by atoms with Crippen LogP contribution in [0.2, 0.25) is 0 Å². The predicted molar refractivity (Wildman–Crippen MR) is 115 cm³/mol. The van der Waals surface area contributed by atoms with Crippen molar-refractivity contribution in [2.45, 2.75) is 12.5 Å². The highest BCUT2D eigenvalue weighted by Crippen LogP contribution is 2.32. The summed E-state index contributed by atoms with van der Waals surface area (Å²) in [6, 6.07) is 12.8. The second-order valence-electron chi connectivity index (χ2n) is 6.64. The Morgan fingerprint density at radius 1 is 0.967 bits per heavy atom. The highest BCUT2D eigenvalue weighted by molar-refractivity contribution is 5.87. The smallest absolute Gasteiger partial charge is 0.331 e. The quantitative estimate of drug-likeness (QED) is 0.459. The summed E-state index contributed by atoms with van der Waals surface area (Å²) in [6.07, 6.45) is 2.04. The molecule has 0 spiro atoms. The summed E-state index contributed by atoms with van der Waals surface area (Å²) in [5.74, 6) is -0.0656. The number of hydrogen-bond acceptors (Lipinski definition) is 7. The number of methoxy groups -OCH3 is 3. The first kappa shape index (κ1) is 22.8. The molecule has 0 saturated heterocycles. The van der Waals surface area contributed by atoms with Crippen LogP contribution >= 0.6 is 0 Å². The Labute approximate surface area is 176 Å². The van der Waals surface area contributed by atoms with Gasteiger partial charge in [-0.15, -0.1) is 0 Å². The second kappa shape index (κ2) is 10.9. The molecule has 0 radical (unpaired) electrons. The van der Waals surface area contributed by atoms with Crippen LogP contribution in [-0.2, 0) is 19.1 Å². The summed E-state index contributed by atoms with van der Waals surface area (Å²) < 4.78 is 20.8. The molecular formula is C23H27NO6. The van der Waals surface area contributed by atoms with Crippen LogP contribution in [0.15, 0.2) is 48.5 Å². The fourth-order valence-electron chi connectivity index (χ4n) is 2.74. The van der Waals surface area contributed by atoms with Crippen LogP contribution in [0.4, 0.5) is 5.69 Å². The minimum Gasteiger partial charge on any atom is -0.493 e. The Balaban J connectivity index is 2.17. The van der Waals surface area contributed by atoms with Gasteiger partial charge in [0.2, 0.25) is 0 Å². The number of carbonyl (C=O) groups excluding carboxylic acids is 2. The molecule has 0 aromatic heterocycles. The largest absolute Gasteiger partial charge is 0.493 e.